The minimum atomic E-state index is -0.224. The highest BCUT2D eigenvalue weighted by Crippen LogP contribution is 2.22. The van der Waals surface area contributed by atoms with Crippen molar-refractivity contribution >= 4 is 17.6 Å². The fourth-order valence-electron chi connectivity index (χ4n) is 2.43. The van der Waals surface area contributed by atoms with Crippen LogP contribution in [0.5, 0.6) is 0 Å². The molecule has 0 aliphatic heterocycles. The lowest BCUT2D eigenvalue weighted by molar-refractivity contribution is -0.143. The molecule has 0 bridgehead atoms. The quantitative estimate of drug-likeness (QED) is 0.654. The Bertz CT molecular complexity index is 506. The molecule has 0 unspecified atom stereocenters. The predicted molar refractivity (Wildman–Crippen MR) is 90.6 cm³/mol. The monoisotopic (exact) mass is 321 g/mol. The zero-order chi connectivity index (χ0) is 17.2. The number of carbonyl (C=O) groups is 2. The van der Waals surface area contributed by atoms with Gasteiger partial charge in [-0.3, -0.25) is 9.59 Å². The standard InChI is InChI=1S/C18H27NO4/c1-5-22-17(20)9-11-19(12-10-18(21)23-6-2)16-8-7-14(3)13-15(16)4/h7-8,13H,5-6,9-12H2,1-4H3. The van der Waals surface area contributed by atoms with Crippen LogP contribution in [0, 0.1) is 13.8 Å². The van der Waals surface area contributed by atoms with Gasteiger partial charge < -0.3 is 14.4 Å². The van der Waals surface area contributed by atoms with Crippen LogP contribution in [-0.2, 0) is 19.1 Å². The molecule has 23 heavy (non-hydrogen) atoms. The van der Waals surface area contributed by atoms with E-state index < -0.39 is 0 Å². The first-order valence-electron chi connectivity index (χ1n) is 8.11. The van der Waals surface area contributed by atoms with Gasteiger partial charge in [0.25, 0.3) is 0 Å². The third kappa shape index (κ3) is 6.72. The first kappa shape index (κ1) is 19.0. The Morgan fingerprint density at radius 1 is 0.957 bits per heavy atom. The van der Waals surface area contributed by atoms with E-state index in [-0.39, 0.29) is 11.9 Å². The van der Waals surface area contributed by atoms with E-state index in [0.29, 0.717) is 39.1 Å². The largest absolute Gasteiger partial charge is 0.466 e. The van der Waals surface area contributed by atoms with Crippen molar-refractivity contribution in [1.82, 2.24) is 0 Å². The summed E-state index contributed by atoms with van der Waals surface area (Å²) in [6.07, 6.45) is 0.591. The summed E-state index contributed by atoms with van der Waals surface area (Å²) in [4.78, 5) is 25.3. The molecule has 5 nitrogen and oxygen atoms in total. The first-order chi connectivity index (χ1) is 11.0. The number of nitrogens with zero attached hydrogens (tertiary/aromatic N) is 1. The Morgan fingerprint density at radius 3 is 1.91 bits per heavy atom. The van der Waals surface area contributed by atoms with Gasteiger partial charge in [0.1, 0.15) is 0 Å². The van der Waals surface area contributed by atoms with E-state index >= 15 is 0 Å². The van der Waals surface area contributed by atoms with Crippen molar-refractivity contribution in [2.45, 2.75) is 40.5 Å². The maximum absolute atomic E-state index is 11.6. The number of benzene rings is 1. The molecule has 128 valence electrons. The summed E-state index contributed by atoms with van der Waals surface area (Å²) in [6.45, 7) is 9.45. The van der Waals surface area contributed by atoms with E-state index in [1.54, 1.807) is 13.8 Å². The van der Waals surface area contributed by atoms with Crippen molar-refractivity contribution < 1.29 is 19.1 Å². The van der Waals surface area contributed by atoms with Crippen LogP contribution < -0.4 is 4.90 Å². The zero-order valence-electron chi connectivity index (χ0n) is 14.6. The fourth-order valence-corrected chi connectivity index (χ4v) is 2.43. The van der Waals surface area contributed by atoms with E-state index in [0.717, 1.165) is 11.3 Å². The van der Waals surface area contributed by atoms with Crippen molar-refractivity contribution in [2.75, 3.05) is 31.2 Å². The van der Waals surface area contributed by atoms with Gasteiger partial charge in [0.15, 0.2) is 0 Å². The topological polar surface area (TPSA) is 55.8 Å². The molecular weight excluding hydrogens is 294 g/mol. The van der Waals surface area contributed by atoms with Gasteiger partial charge in [-0.25, -0.2) is 0 Å². The molecule has 0 spiro atoms. The molecule has 0 atom stereocenters. The Kier molecular flexibility index (Phi) is 8.16. The fraction of sp³-hybridized carbons (Fsp3) is 0.556. The van der Waals surface area contributed by atoms with Crippen molar-refractivity contribution in [3.63, 3.8) is 0 Å². The van der Waals surface area contributed by atoms with E-state index in [4.69, 9.17) is 9.47 Å². The summed E-state index contributed by atoms with van der Waals surface area (Å²) < 4.78 is 9.97. The van der Waals surface area contributed by atoms with E-state index in [1.165, 1.54) is 5.56 Å². The molecule has 0 N–H and O–H groups in total. The van der Waals surface area contributed by atoms with Gasteiger partial charge in [-0.15, -0.1) is 0 Å². The van der Waals surface area contributed by atoms with E-state index in [2.05, 4.69) is 6.07 Å². The van der Waals surface area contributed by atoms with Crippen LogP contribution in [-0.4, -0.2) is 38.2 Å². The minimum absolute atomic E-state index is 0.224. The molecule has 0 aliphatic rings. The van der Waals surface area contributed by atoms with Crippen molar-refractivity contribution in [1.29, 1.82) is 0 Å². The summed E-state index contributed by atoms with van der Waals surface area (Å²) in [5.74, 6) is -0.447. The first-order valence-corrected chi connectivity index (χ1v) is 8.11. The van der Waals surface area contributed by atoms with Gasteiger partial charge in [-0.1, -0.05) is 17.7 Å². The lowest BCUT2D eigenvalue weighted by Crippen LogP contribution is -2.30. The maximum Gasteiger partial charge on any atom is 0.307 e. The van der Waals surface area contributed by atoms with Gasteiger partial charge >= 0.3 is 11.9 Å². The van der Waals surface area contributed by atoms with Crippen molar-refractivity contribution in [3.05, 3.63) is 29.3 Å². The Hall–Kier alpha value is -2.04. The van der Waals surface area contributed by atoms with Crippen LogP contribution in [0.25, 0.3) is 0 Å². The molecule has 1 aromatic rings. The van der Waals surface area contributed by atoms with Crippen LogP contribution in [0.4, 0.5) is 5.69 Å². The summed E-state index contributed by atoms with van der Waals surface area (Å²) in [7, 11) is 0. The van der Waals surface area contributed by atoms with Crippen LogP contribution >= 0.6 is 0 Å². The summed E-state index contributed by atoms with van der Waals surface area (Å²) in [5.41, 5.74) is 3.34. The lowest BCUT2D eigenvalue weighted by Gasteiger charge is -2.26. The number of hydrogen-bond donors (Lipinski definition) is 0. The van der Waals surface area contributed by atoms with Gasteiger partial charge in [-0.2, -0.15) is 0 Å². The average Bonchev–Trinajstić information content (AvgIpc) is 2.49. The molecular formula is C18H27NO4. The number of ether oxygens (including phenoxy) is 2. The SMILES string of the molecule is CCOC(=O)CCN(CCC(=O)OCC)c1ccc(C)cc1C. The third-order valence-electron chi connectivity index (χ3n) is 3.48. The summed E-state index contributed by atoms with van der Waals surface area (Å²) in [6, 6.07) is 6.15. The molecule has 1 aromatic carbocycles. The molecule has 0 amide bonds. The van der Waals surface area contributed by atoms with Crippen LogP contribution in [0.1, 0.15) is 37.8 Å². The molecule has 0 heterocycles. The Balaban J connectivity index is 2.78. The van der Waals surface area contributed by atoms with Crippen LogP contribution in [0.3, 0.4) is 0 Å². The molecule has 0 fully saturated rings. The highest BCUT2D eigenvalue weighted by atomic mass is 16.5. The van der Waals surface area contributed by atoms with Crippen molar-refractivity contribution in [3.8, 4) is 0 Å². The highest BCUT2D eigenvalue weighted by Gasteiger charge is 2.14. The zero-order valence-corrected chi connectivity index (χ0v) is 14.6. The number of carbonyl (C=O) groups excluding carboxylic acids is 2. The maximum atomic E-state index is 11.6. The number of esters is 2. The number of hydrogen-bond acceptors (Lipinski definition) is 5. The van der Waals surface area contributed by atoms with Gasteiger partial charge in [0.2, 0.25) is 0 Å². The minimum Gasteiger partial charge on any atom is -0.466 e. The number of anilines is 1. The van der Waals surface area contributed by atoms with E-state index in [9.17, 15) is 9.59 Å². The highest BCUT2D eigenvalue weighted by molar-refractivity contribution is 5.72. The van der Waals surface area contributed by atoms with Gasteiger partial charge in [0.05, 0.1) is 26.1 Å². The second kappa shape index (κ2) is 9.87. The normalized spacial score (nSPS) is 10.3. The molecule has 0 aliphatic carbocycles. The van der Waals surface area contributed by atoms with Gasteiger partial charge in [0, 0.05) is 18.8 Å². The Labute approximate surface area is 138 Å². The lowest BCUT2D eigenvalue weighted by atomic mass is 10.1. The molecule has 1 rings (SSSR count). The van der Waals surface area contributed by atoms with E-state index in [1.807, 2.05) is 30.9 Å². The van der Waals surface area contributed by atoms with Crippen LogP contribution in [0.2, 0.25) is 0 Å². The van der Waals surface area contributed by atoms with Gasteiger partial charge in [-0.05, 0) is 39.3 Å². The molecule has 5 heteroatoms. The molecule has 0 radical (unpaired) electrons. The smallest absolute Gasteiger partial charge is 0.307 e. The third-order valence-corrected chi connectivity index (χ3v) is 3.48. The molecule has 0 saturated heterocycles. The number of rotatable bonds is 9. The summed E-state index contributed by atoms with van der Waals surface area (Å²) in [5, 5.41) is 0. The molecule has 0 aromatic heterocycles. The second-order valence-corrected chi connectivity index (χ2v) is 5.39. The predicted octanol–water partition coefficient (Wildman–Crippen LogP) is 3.02. The summed E-state index contributed by atoms with van der Waals surface area (Å²) >= 11 is 0. The average molecular weight is 321 g/mol. The van der Waals surface area contributed by atoms with Crippen LogP contribution in [0.15, 0.2) is 18.2 Å². The molecule has 0 saturated carbocycles. The Morgan fingerprint density at radius 2 is 1.48 bits per heavy atom. The second-order valence-electron chi connectivity index (χ2n) is 5.39. The van der Waals surface area contributed by atoms with Crippen molar-refractivity contribution in [2.24, 2.45) is 0 Å². The number of aryl methyl sites for hydroxylation is 2.